The third kappa shape index (κ3) is 4.71. The summed E-state index contributed by atoms with van der Waals surface area (Å²) in [5, 5.41) is 39.2. The van der Waals surface area contributed by atoms with E-state index in [0.717, 1.165) is 5.56 Å². The Balaban J connectivity index is 1.77. The number of hydrogen-bond acceptors (Lipinski definition) is 8. The molecule has 0 aromatic heterocycles. The van der Waals surface area contributed by atoms with E-state index in [4.69, 9.17) is 18.9 Å². The first kappa shape index (κ1) is 21.5. The Morgan fingerprint density at radius 1 is 1.14 bits per heavy atom. The molecular weight excluding hydrogens is 384 g/mol. The van der Waals surface area contributed by atoms with Crippen LogP contribution in [0.25, 0.3) is 6.08 Å². The van der Waals surface area contributed by atoms with Gasteiger partial charge in [-0.15, -0.1) is 0 Å². The van der Waals surface area contributed by atoms with E-state index in [1.54, 1.807) is 18.2 Å². The summed E-state index contributed by atoms with van der Waals surface area (Å²) in [5.41, 5.74) is 0.381. The van der Waals surface area contributed by atoms with Gasteiger partial charge < -0.3 is 39.4 Å². The van der Waals surface area contributed by atoms with E-state index in [2.05, 4.69) is 0 Å². The van der Waals surface area contributed by atoms with Crippen LogP contribution in [0.15, 0.2) is 24.3 Å². The van der Waals surface area contributed by atoms with Gasteiger partial charge in [0.25, 0.3) is 0 Å². The number of carboxylic acid groups (broad SMARTS) is 1. The molecule has 4 N–H and O–H groups in total. The predicted molar refractivity (Wildman–Crippen MR) is 100 cm³/mol. The standard InChI is InChI=1S/C20H26O9/c1-20(2,3)13(7-5-10-4-6-11-12(8-10)27-9-26-11)28-19-16(23)14(21)15(22)17(29-19)18(24)25/h4-8,13-17,19,21-23H,9H2,1-3H3,(H,24,25)/b7-5+/t13?,14-,15-,16+,17-,19+/m0/s1. The number of aliphatic carboxylic acids is 1. The van der Waals surface area contributed by atoms with E-state index < -0.39 is 48.2 Å². The molecule has 1 fully saturated rings. The van der Waals surface area contributed by atoms with Crippen molar-refractivity contribution < 1.29 is 44.2 Å². The summed E-state index contributed by atoms with van der Waals surface area (Å²) >= 11 is 0. The molecule has 1 unspecified atom stereocenters. The lowest BCUT2D eigenvalue weighted by atomic mass is 9.88. The average molecular weight is 410 g/mol. The Morgan fingerprint density at radius 2 is 1.83 bits per heavy atom. The highest BCUT2D eigenvalue weighted by Crippen LogP contribution is 2.34. The average Bonchev–Trinajstić information content (AvgIpc) is 3.11. The Hall–Kier alpha value is -2.17. The van der Waals surface area contributed by atoms with Crippen LogP contribution >= 0.6 is 0 Å². The van der Waals surface area contributed by atoms with E-state index in [0.29, 0.717) is 11.5 Å². The molecule has 1 aromatic rings. The van der Waals surface area contributed by atoms with Crippen molar-refractivity contribution in [3.05, 3.63) is 29.8 Å². The van der Waals surface area contributed by atoms with Gasteiger partial charge in [0, 0.05) is 0 Å². The van der Waals surface area contributed by atoms with E-state index in [1.807, 2.05) is 32.9 Å². The first-order valence-corrected chi connectivity index (χ1v) is 9.23. The normalized spacial score (nSPS) is 30.5. The zero-order valence-corrected chi connectivity index (χ0v) is 16.4. The number of carboxylic acids is 1. The Labute approximate surface area is 168 Å². The van der Waals surface area contributed by atoms with Crippen molar-refractivity contribution in [1.82, 2.24) is 0 Å². The number of fused-ring (bicyclic) bond motifs is 1. The molecule has 2 heterocycles. The van der Waals surface area contributed by atoms with Crippen molar-refractivity contribution in [3.63, 3.8) is 0 Å². The molecule has 9 heteroatoms. The fourth-order valence-corrected chi connectivity index (χ4v) is 3.06. The third-order valence-electron chi connectivity index (χ3n) is 4.81. The monoisotopic (exact) mass is 410 g/mol. The molecular formula is C20H26O9. The summed E-state index contributed by atoms with van der Waals surface area (Å²) < 4.78 is 21.7. The fraction of sp³-hybridized carbons (Fsp3) is 0.550. The van der Waals surface area contributed by atoms with Gasteiger partial charge in [-0.3, -0.25) is 0 Å². The second-order valence-electron chi connectivity index (χ2n) is 8.13. The van der Waals surface area contributed by atoms with E-state index in [1.165, 1.54) is 0 Å². The van der Waals surface area contributed by atoms with Crippen molar-refractivity contribution in [2.45, 2.75) is 57.6 Å². The van der Waals surface area contributed by atoms with Gasteiger partial charge in [0.1, 0.15) is 18.3 Å². The van der Waals surface area contributed by atoms with Crippen LogP contribution in [0.3, 0.4) is 0 Å². The van der Waals surface area contributed by atoms with Gasteiger partial charge in [0.2, 0.25) is 6.79 Å². The van der Waals surface area contributed by atoms with Gasteiger partial charge in [-0.05, 0) is 23.1 Å². The number of rotatable bonds is 5. The summed E-state index contributed by atoms with van der Waals surface area (Å²) in [4.78, 5) is 11.3. The number of aliphatic hydroxyl groups excluding tert-OH is 3. The molecule has 9 nitrogen and oxygen atoms in total. The zero-order valence-electron chi connectivity index (χ0n) is 16.4. The second kappa shape index (κ2) is 8.29. The molecule has 0 aliphatic carbocycles. The fourth-order valence-electron chi connectivity index (χ4n) is 3.06. The van der Waals surface area contributed by atoms with Crippen LogP contribution in [-0.4, -0.2) is 70.0 Å². The van der Waals surface area contributed by atoms with E-state index in [9.17, 15) is 25.2 Å². The van der Waals surface area contributed by atoms with Crippen molar-refractivity contribution in [2.75, 3.05) is 6.79 Å². The van der Waals surface area contributed by atoms with Crippen LogP contribution in [0.2, 0.25) is 0 Å². The molecule has 0 spiro atoms. The highest BCUT2D eigenvalue weighted by Gasteiger charge is 2.48. The van der Waals surface area contributed by atoms with Gasteiger partial charge in [0.15, 0.2) is 23.9 Å². The smallest absolute Gasteiger partial charge is 0.335 e. The molecule has 0 amide bonds. The molecule has 160 valence electrons. The van der Waals surface area contributed by atoms with Crippen LogP contribution in [-0.2, 0) is 14.3 Å². The third-order valence-corrected chi connectivity index (χ3v) is 4.81. The van der Waals surface area contributed by atoms with E-state index >= 15 is 0 Å². The molecule has 1 saturated heterocycles. The van der Waals surface area contributed by atoms with E-state index in [-0.39, 0.29) is 6.79 Å². The van der Waals surface area contributed by atoms with Gasteiger partial charge in [-0.25, -0.2) is 4.79 Å². The van der Waals surface area contributed by atoms with Crippen molar-refractivity contribution in [2.24, 2.45) is 5.41 Å². The van der Waals surface area contributed by atoms with Crippen LogP contribution in [0.5, 0.6) is 11.5 Å². The van der Waals surface area contributed by atoms with Gasteiger partial charge >= 0.3 is 5.97 Å². The largest absolute Gasteiger partial charge is 0.479 e. The van der Waals surface area contributed by atoms with Crippen molar-refractivity contribution in [3.8, 4) is 11.5 Å². The molecule has 0 saturated carbocycles. The minimum atomic E-state index is -1.76. The Morgan fingerprint density at radius 3 is 2.48 bits per heavy atom. The zero-order chi connectivity index (χ0) is 21.3. The SMILES string of the molecule is CC(C)(C)C(/C=C/c1ccc2c(c1)OCO2)O[C@@H]1O[C@H](C(=O)O)[C@@H](O)[C@H](O)[C@H]1O. The lowest BCUT2D eigenvalue weighted by Crippen LogP contribution is -2.61. The number of carbonyl (C=O) groups is 1. The molecule has 2 aliphatic rings. The number of ether oxygens (including phenoxy) is 4. The van der Waals surface area contributed by atoms with Gasteiger partial charge in [-0.1, -0.05) is 39.0 Å². The lowest BCUT2D eigenvalue weighted by Gasteiger charge is -2.41. The summed E-state index contributed by atoms with van der Waals surface area (Å²) in [6.07, 6.45) is -5.29. The summed E-state index contributed by atoms with van der Waals surface area (Å²) in [6.45, 7) is 5.87. The van der Waals surface area contributed by atoms with Gasteiger partial charge in [0.05, 0.1) is 6.10 Å². The summed E-state index contributed by atoms with van der Waals surface area (Å²) in [6, 6.07) is 5.44. The predicted octanol–water partition coefficient (Wildman–Crippen LogP) is 0.752. The Kier molecular flexibility index (Phi) is 6.16. The molecule has 1 aromatic carbocycles. The molecule has 2 aliphatic heterocycles. The maximum Gasteiger partial charge on any atom is 0.335 e. The molecule has 3 rings (SSSR count). The summed E-state index contributed by atoms with van der Waals surface area (Å²) in [7, 11) is 0. The topological polar surface area (TPSA) is 135 Å². The number of hydrogen-bond donors (Lipinski definition) is 4. The maximum atomic E-state index is 11.3. The molecule has 6 atom stereocenters. The van der Waals surface area contributed by atoms with Crippen LogP contribution < -0.4 is 9.47 Å². The first-order chi connectivity index (χ1) is 13.6. The summed E-state index contributed by atoms with van der Waals surface area (Å²) in [5.74, 6) is -0.162. The van der Waals surface area contributed by atoms with Crippen molar-refractivity contribution in [1.29, 1.82) is 0 Å². The Bertz CT molecular complexity index is 770. The quantitative estimate of drug-likeness (QED) is 0.554. The maximum absolute atomic E-state index is 11.3. The second-order valence-corrected chi connectivity index (χ2v) is 8.13. The van der Waals surface area contributed by atoms with Gasteiger partial charge in [-0.2, -0.15) is 0 Å². The minimum Gasteiger partial charge on any atom is -0.479 e. The number of aliphatic hydroxyl groups is 3. The minimum absolute atomic E-state index is 0.173. The number of benzene rings is 1. The molecule has 0 bridgehead atoms. The molecule has 29 heavy (non-hydrogen) atoms. The van der Waals surface area contributed by atoms with Crippen molar-refractivity contribution >= 4 is 12.0 Å². The lowest BCUT2D eigenvalue weighted by molar-refractivity contribution is -0.306. The highest BCUT2D eigenvalue weighted by atomic mass is 16.7. The van der Waals surface area contributed by atoms with Crippen LogP contribution in [0.1, 0.15) is 26.3 Å². The highest BCUT2D eigenvalue weighted by molar-refractivity contribution is 5.73. The molecule has 0 radical (unpaired) electrons. The van der Waals surface area contributed by atoms with Crippen LogP contribution in [0.4, 0.5) is 0 Å². The first-order valence-electron chi connectivity index (χ1n) is 9.23. The van der Waals surface area contributed by atoms with Crippen LogP contribution in [0, 0.1) is 5.41 Å².